The number of amides is 1. The van der Waals surface area contributed by atoms with Crippen LogP contribution >= 0.6 is 0 Å². The Labute approximate surface area is 195 Å². The molecule has 0 bridgehead atoms. The lowest BCUT2D eigenvalue weighted by molar-refractivity contribution is -0.159. The van der Waals surface area contributed by atoms with Gasteiger partial charge < -0.3 is 25.7 Å². The van der Waals surface area contributed by atoms with Crippen molar-refractivity contribution in [2.45, 2.75) is 58.4 Å². The van der Waals surface area contributed by atoms with Crippen molar-refractivity contribution in [3.05, 3.63) is 35.4 Å². The molecular weight excluding hydrogens is 459 g/mol. The number of benzene rings is 1. The number of carbonyl (C=O) groups is 3. The third-order valence-electron chi connectivity index (χ3n) is 4.77. The summed E-state index contributed by atoms with van der Waals surface area (Å²) in [5.41, 5.74) is 6.52. The Bertz CT molecular complexity index is 852. The molecule has 1 aliphatic heterocycles. The number of nitrogens with zero attached hydrogens (tertiary/aromatic N) is 2. The number of carbonyl (C=O) groups excluding carboxylic acids is 1. The number of hydrogen-bond acceptors (Lipinski definition) is 6. The molecule has 0 saturated carbocycles. The van der Waals surface area contributed by atoms with Crippen LogP contribution in [0.15, 0.2) is 29.4 Å². The molecule has 1 atom stereocenters. The lowest BCUT2D eigenvalue weighted by atomic mass is 10.0. The Morgan fingerprint density at radius 3 is 2.24 bits per heavy atom. The fourth-order valence-corrected chi connectivity index (χ4v) is 3.18. The molecule has 4 N–H and O–H groups in total. The van der Waals surface area contributed by atoms with E-state index in [9.17, 15) is 18.0 Å². The molecule has 1 amide bonds. The van der Waals surface area contributed by atoms with Gasteiger partial charge in [0.15, 0.2) is 0 Å². The summed E-state index contributed by atoms with van der Waals surface area (Å²) in [6, 6.07) is 4.87. The van der Waals surface area contributed by atoms with Gasteiger partial charge in [-0.15, -0.1) is 0 Å². The van der Waals surface area contributed by atoms with Crippen molar-refractivity contribution in [1.82, 2.24) is 4.90 Å². The first kappa shape index (κ1) is 28.9. The number of alkyl halides is 3. The van der Waals surface area contributed by atoms with Gasteiger partial charge in [-0.2, -0.15) is 13.2 Å². The molecule has 12 heteroatoms. The average Bonchev–Trinajstić information content (AvgIpc) is 2.73. The van der Waals surface area contributed by atoms with E-state index in [1.807, 2.05) is 0 Å². The molecule has 1 fully saturated rings. The van der Waals surface area contributed by atoms with Gasteiger partial charge in [-0.25, -0.2) is 9.59 Å². The van der Waals surface area contributed by atoms with Crippen LogP contribution in [0.3, 0.4) is 0 Å². The first-order chi connectivity index (χ1) is 15.8. The zero-order valence-corrected chi connectivity index (χ0v) is 19.0. The average molecular weight is 489 g/mol. The van der Waals surface area contributed by atoms with E-state index in [2.05, 4.69) is 19.0 Å². The number of hydrogen-bond donors (Lipinski definition) is 3. The van der Waals surface area contributed by atoms with Crippen molar-refractivity contribution in [3.8, 4) is 0 Å². The first-order valence-electron chi connectivity index (χ1n) is 10.6. The van der Waals surface area contributed by atoms with Crippen molar-refractivity contribution < 1.29 is 42.6 Å². The van der Waals surface area contributed by atoms with E-state index in [-0.39, 0.29) is 18.6 Å². The summed E-state index contributed by atoms with van der Waals surface area (Å²) in [6.07, 6.45) is -2.03. The van der Waals surface area contributed by atoms with Crippen molar-refractivity contribution >= 4 is 23.6 Å². The monoisotopic (exact) mass is 489 g/mol. The van der Waals surface area contributed by atoms with Gasteiger partial charge in [0.1, 0.15) is 6.61 Å². The second-order valence-corrected chi connectivity index (χ2v) is 8.21. The van der Waals surface area contributed by atoms with E-state index in [4.69, 9.17) is 30.4 Å². The lowest BCUT2D eigenvalue weighted by Crippen LogP contribution is -2.41. The minimum Gasteiger partial charge on any atom is -0.473 e. The number of carboxylic acid groups (broad SMARTS) is 2. The molecule has 1 heterocycles. The van der Waals surface area contributed by atoms with Crippen LogP contribution < -0.4 is 5.73 Å². The largest absolute Gasteiger partial charge is 0.473 e. The highest BCUT2D eigenvalue weighted by atomic mass is 19.4. The first-order valence-corrected chi connectivity index (χ1v) is 10.6. The van der Waals surface area contributed by atoms with Crippen LogP contribution in [-0.2, 0) is 32.0 Å². The van der Waals surface area contributed by atoms with Crippen molar-refractivity contribution in [2.75, 3.05) is 13.1 Å². The van der Waals surface area contributed by atoms with E-state index in [1.54, 1.807) is 11.0 Å². The molecule has 0 aromatic heterocycles. The number of nitrogens with two attached hydrogens (primary N) is 1. The van der Waals surface area contributed by atoms with E-state index >= 15 is 0 Å². The molecule has 0 aliphatic carbocycles. The zero-order valence-electron chi connectivity index (χ0n) is 19.0. The number of aliphatic carboxylic acids is 2. The summed E-state index contributed by atoms with van der Waals surface area (Å²) in [6.45, 7) is 5.23. The van der Waals surface area contributed by atoms with E-state index in [1.165, 1.54) is 6.07 Å². The molecule has 34 heavy (non-hydrogen) atoms. The van der Waals surface area contributed by atoms with Crippen LogP contribution in [0.5, 0.6) is 0 Å². The number of carboxylic acids is 2. The number of piperidine rings is 1. The molecule has 0 unspecified atom stereocenters. The second-order valence-electron chi connectivity index (χ2n) is 8.21. The molecular formula is C22H30F3N3O6. The molecule has 0 radical (unpaired) electrons. The van der Waals surface area contributed by atoms with E-state index in [0.717, 1.165) is 24.3 Å². The third-order valence-corrected chi connectivity index (χ3v) is 4.77. The van der Waals surface area contributed by atoms with Gasteiger partial charge in [0, 0.05) is 38.4 Å². The Hall–Kier alpha value is -3.15. The van der Waals surface area contributed by atoms with E-state index in [0.29, 0.717) is 43.8 Å². The van der Waals surface area contributed by atoms with Crippen LogP contribution in [0.4, 0.5) is 13.2 Å². The Morgan fingerprint density at radius 1 is 1.15 bits per heavy atom. The smallest absolute Gasteiger partial charge is 0.416 e. The zero-order chi connectivity index (χ0) is 25.9. The highest BCUT2D eigenvalue weighted by molar-refractivity contribution is 6.27. The highest BCUT2D eigenvalue weighted by Gasteiger charge is 2.30. The maximum absolute atomic E-state index is 12.7. The Balaban J connectivity index is 0.000000852. The van der Waals surface area contributed by atoms with Gasteiger partial charge in [-0.1, -0.05) is 31.1 Å². The van der Waals surface area contributed by atoms with E-state index < -0.39 is 23.7 Å². The molecule has 1 saturated heterocycles. The molecule has 2 rings (SSSR count). The van der Waals surface area contributed by atoms with Crippen LogP contribution in [0, 0.1) is 5.92 Å². The quantitative estimate of drug-likeness (QED) is 0.394. The Morgan fingerprint density at radius 2 is 1.74 bits per heavy atom. The number of rotatable bonds is 7. The predicted molar refractivity (Wildman–Crippen MR) is 117 cm³/mol. The summed E-state index contributed by atoms with van der Waals surface area (Å²) in [5, 5.41) is 18.8. The SMILES string of the molecule is CC(C)C[C@H](N)CC(=O)N1CCC(=NOCc2cccc(C(F)(F)F)c2)CC1.O=C(O)C(=O)O. The van der Waals surface area contributed by atoms with Crippen LogP contribution in [0.1, 0.15) is 50.7 Å². The fourth-order valence-electron chi connectivity index (χ4n) is 3.18. The minimum absolute atomic E-state index is 0.0277. The van der Waals surface area contributed by atoms with Gasteiger partial charge in [0.25, 0.3) is 0 Å². The summed E-state index contributed by atoms with van der Waals surface area (Å²) in [4.78, 5) is 37.5. The van der Waals surface area contributed by atoms with Gasteiger partial charge in [-0.3, -0.25) is 4.79 Å². The molecule has 1 aromatic rings. The Kier molecular flexibility index (Phi) is 11.5. The number of oxime groups is 1. The van der Waals surface area contributed by atoms with Crippen LogP contribution in [-0.4, -0.2) is 57.8 Å². The summed E-state index contributed by atoms with van der Waals surface area (Å²) in [7, 11) is 0. The second kappa shape index (κ2) is 13.5. The van der Waals surface area contributed by atoms with Crippen molar-refractivity contribution in [2.24, 2.45) is 16.8 Å². The third kappa shape index (κ3) is 11.1. The van der Waals surface area contributed by atoms with Crippen molar-refractivity contribution in [3.63, 3.8) is 0 Å². The molecule has 190 valence electrons. The van der Waals surface area contributed by atoms with Gasteiger partial charge in [0.2, 0.25) is 5.91 Å². The predicted octanol–water partition coefficient (Wildman–Crippen LogP) is 3.12. The molecule has 1 aliphatic rings. The summed E-state index contributed by atoms with van der Waals surface area (Å²) in [5.74, 6) is -3.14. The number of likely N-dealkylation sites (tertiary alicyclic amines) is 1. The molecule has 0 spiro atoms. The maximum atomic E-state index is 12.7. The lowest BCUT2D eigenvalue weighted by Gasteiger charge is -2.28. The normalized spacial score (nSPS) is 14.7. The molecule has 1 aromatic carbocycles. The van der Waals surface area contributed by atoms with Crippen molar-refractivity contribution in [1.29, 1.82) is 0 Å². The summed E-state index contributed by atoms with van der Waals surface area (Å²) >= 11 is 0. The van der Waals surface area contributed by atoms with Gasteiger partial charge in [-0.05, 0) is 30.0 Å². The highest BCUT2D eigenvalue weighted by Crippen LogP contribution is 2.29. The maximum Gasteiger partial charge on any atom is 0.416 e. The molecule has 9 nitrogen and oxygen atoms in total. The fraction of sp³-hybridized carbons (Fsp3) is 0.545. The van der Waals surface area contributed by atoms with Gasteiger partial charge in [0.05, 0.1) is 11.3 Å². The topological polar surface area (TPSA) is 143 Å². The minimum atomic E-state index is -4.38. The summed E-state index contributed by atoms with van der Waals surface area (Å²) < 4.78 is 38.1. The number of halogens is 3. The van der Waals surface area contributed by atoms with Gasteiger partial charge >= 0.3 is 18.1 Å². The standard InChI is InChI=1S/C20H28F3N3O2.C2H2O4/c1-14(2)10-17(24)12-19(27)26-8-6-18(7-9-26)25-28-13-15-4-3-5-16(11-15)20(21,22)23;3-1(4)2(5)6/h3-5,11,14,17H,6-10,12-13,24H2,1-2H3;(H,3,4)(H,5,6)/t17-;/m0./s1. The van der Waals surface area contributed by atoms with Crippen LogP contribution in [0.2, 0.25) is 0 Å². The van der Waals surface area contributed by atoms with Crippen LogP contribution in [0.25, 0.3) is 0 Å².